The highest BCUT2D eigenvalue weighted by atomic mass is 32.2. The fourth-order valence-corrected chi connectivity index (χ4v) is 4.52. The first-order valence-corrected chi connectivity index (χ1v) is 11.7. The van der Waals surface area contributed by atoms with Crippen molar-refractivity contribution in [3.63, 3.8) is 0 Å². The van der Waals surface area contributed by atoms with E-state index in [1.54, 1.807) is 36.4 Å². The van der Waals surface area contributed by atoms with Crippen molar-refractivity contribution in [1.29, 1.82) is 0 Å². The lowest BCUT2D eigenvalue weighted by Crippen LogP contribution is -2.39. The maximum Gasteiger partial charge on any atom is 0.339 e. The number of rotatable bonds is 4. The molecule has 0 bridgehead atoms. The normalized spacial score (nSPS) is 12.2. The zero-order valence-corrected chi connectivity index (χ0v) is 14.6. The SMILES string of the molecule is Cc1ccc(S(=O)(=O)Oc2ccccc2[Si](C)(C)C)cc1. The van der Waals surface area contributed by atoms with Crippen LogP contribution in [0.1, 0.15) is 5.56 Å². The van der Waals surface area contributed by atoms with Gasteiger partial charge in [-0.3, -0.25) is 0 Å². The second kappa shape index (κ2) is 5.65. The first kappa shape index (κ1) is 15.8. The monoisotopic (exact) mass is 320 g/mol. The van der Waals surface area contributed by atoms with Crippen molar-refractivity contribution in [2.45, 2.75) is 31.5 Å². The van der Waals surface area contributed by atoms with Crippen molar-refractivity contribution in [3.8, 4) is 5.75 Å². The predicted molar refractivity (Wildman–Crippen MR) is 88.4 cm³/mol. The van der Waals surface area contributed by atoms with Crippen LogP contribution in [0.25, 0.3) is 0 Å². The lowest BCUT2D eigenvalue weighted by atomic mass is 10.2. The summed E-state index contributed by atoms with van der Waals surface area (Å²) in [5.41, 5.74) is 1.01. The van der Waals surface area contributed by atoms with E-state index in [4.69, 9.17) is 4.18 Å². The smallest absolute Gasteiger partial charge is 0.339 e. The van der Waals surface area contributed by atoms with E-state index in [9.17, 15) is 8.42 Å². The highest BCUT2D eigenvalue weighted by molar-refractivity contribution is 7.87. The lowest BCUT2D eigenvalue weighted by Gasteiger charge is -2.20. The van der Waals surface area contributed by atoms with Gasteiger partial charge in [0.15, 0.2) is 0 Å². The molecular weight excluding hydrogens is 300 g/mol. The minimum absolute atomic E-state index is 0.179. The van der Waals surface area contributed by atoms with Gasteiger partial charge in [0.1, 0.15) is 10.6 Å². The van der Waals surface area contributed by atoms with Gasteiger partial charge in [0.2, 0.25) is 0 Å². The summed E-state index contributed by atoms with van der Waals surface area (Å²) < 4.78 is 30.2. The number of hydrogen-bond acceptors (Lipinski definition) is 3. The van der Waals surface area contributed by atoms with Gasteiger partial charge in [-0.15, -0.1) is 0 Å². The first-order chi connectivity index (χ1) is 9.70. The van der Waals surface area contributed by atoms with Gasteiger partial charge in [0, 0.05) is 0 Å². The van der Waals surface area contributed by atoms with E-state index in [2.05, 4.69) is 19.6 Å². The molecule has 0 aliphatic heterocycles. The molecule has 0 unspecified atom stereocenters. The fourth-order valence-electron chi connectivity index (χ4n) is 2.03. The van der Waals surface area contributed by atoms with Crippen LogP contribution in [-0.2, 0) is 10.1 Å². The second-order valence-electron chi connectivity index (χ2n) is 6.10. The molecule has 0 aromatic heterocycles. The highest BCUT2D eigenvalue weighted by Gasteiger charge is 2.24. The van der Waals surface area contributed by atoms with Crippen LogP contribution in [0.15, 0.2) is 53.4 Å². The number of benzene rings is 2. The quantitative estimate of drug-likeness (QED) is 0.641. The standard InChI is InChI=1S/C16H20O3SSi/c1-13-9-11-14(12-10-13)20(17,18)19-15-7-5-6-8-16(15)21(2,3)4/h5-12H,1-4H3. The summed E-state index contributed by atoms with van der Waals surface area (Å²) in [5.74, 6) is 0.442. The molecule has 2 rings (SSSR count). The van der Waals surface area contributed by atoms with Crippen LogP contribution in [-0.4, -0.2) is 16.5 Å². The molecular formula is C16H20O3SSi. The minimum atomic E-state index is -3.79. The molecule has 0 aliphatic rings. The Hall–Kier alpha value is -1.59. The number of para-hydroxylation sites is 1. The third-order valence-electron chi connectivity index (χ3n) is 3.20. The molecule has 5 heteroatoms. The summed E-state index contributed by atoms with van der Waals surface area (Å²) in [4.78, 5) is 0.179. The molecule has 0 aliphatic carbocycles. The molecule has 0 saturated heterocycles. The Morgan fingerprint density at radius 2 is 1.48 bits per heavy atom. The molecule has 2 aromatic carbocycles. The molecule has 0 amide bonds. The Kier molecular flexibility index (Phi) is 4.25. The van der Waals surface area contributed by atoms with E-state index >= 15 is 0 Å². The lowest BCUT2D eigenvalue weighted by molar-refractivity contribution is 0.487. The summed E-state index contributed by atoms with van der Waals surface area (Å²) >= 11 is 0. The summed E-state index contributed by atoms with van der Waals surface area (Å²) in [6, 6.07) is 14.1. The van der Waals surface area contributed by atoms with Gasteiger partial charge in [0.25, 0.3) is 0 Å². The molecule has 112 valence electrons. The Morgan fingerprint density at radius 3 is 2.05 bits per heavy atom. The zero-order chi connectivity index (χ0) is 15.7. The predicted octanol–water partition coefficient (Wildman–Crippen LogP) is 3.31. The molecule has 0 N–H and O–H groups in total. The minimum Gasteiger partial charge on any atom is -0.379 e. The van der Waals surface area contributed by atoms with Crippen LogP contribution in [0.2, 0.25) is 19.6 Å². The van der Waals surface area contributed by atoms with E-state index < -0.39 is 18.2 Å². The van der Waals surface area contributed by atoms with Gasteiger partial charge in [-0.2, -0.15) is 8.42 Å². The molecule has 0 atom stereocenters. The van der Waals surface area contributed by atoms with Gasteiger partial charge in [0.05, 0.1) is 8.07 Å². The van der Waals surface area contributed by atoms with Crippen molar-refractivity contribution in [2.24, 2.45) is 0 Å². The number of hydrogen-bond donors (Lipinski definition) is 0. The molecule has 0 saturated carbocycles. The van der Waals surface area contributed by atoms with Crippen LogP contribution in [0, 0.1) is 6.92 Å². The summed E-state index contributed by atoms with van der Waals surface area (Å²) in [7, 11) is -5.47. The topological polar surface area (TPSA) is 43.4 Å². The van der Waals surface area contributed by atoms with Crippen LogP contribution < -0.4 is 9.37 Å². The van der Waals surface area contributed by atoms with Crippen LogP contribution in [0.4, 0.5) is 0 Å². The van der Waals surface area contributed by atoms with Gasteiger partial charge in [-0.25, -0.2) is 0 Å². The summed E-state index contributed by atoms with van der Waals surface area (Å²) in [6.07, 6.45) is 0. The highest BCUT2D eigenvalue weighted by Crippen LogP contribution is 2.20. The van der Waals surface area contributed by atoms with E-state index in [0.29, 0.717) is 5.75 Å². The number of aryl methyl sites for hydroxylation is 1. The first-order valence-electron chi connectivity index (χ1n) is 6.81. The van der Waals surface area contributed by atoms with Gasteiger partial charge < -0.3 is 4.18 Å². The van der Waals surface area contributed by atoms with Crippen molar-refractivity contribution in [2.75, 3.05) is 0 Å². The summed E-state index contributed by atoms with van der Waals surface area (Å²) in [5, 5.41) is 1.00. The molecule has 21 heavy (non-hydrogen) atoms. The fraction of sp³-hybridized carbons (Fsp3) is 0.250. The molecule has 2 aromatic rings. The van der Waals surface area contributed by atoms with Crippen molar-refractivity contribution in [1.82, 2.24) is 0 Å². The Morgan fingerprint density at radius 1 is 0.905 bits per heavy atom. The van der Waals surface area contributed by atoms with Crippen LogP contribution >= 0.6 is 0 Å². The Bertz CT molecular complexity index is 729. The van der Waals surface area contributed by atoms with Crippen LogP contribution in [0.5, 0.6) is 5.75 Å². The van der Waals surface area contributed by atoms with Gasteiger partial charge >= 0.3 is 10.1 Å². The average molecular weight is 320 g/mol. The van der Waals surface area contributed by atoms with E-state index in [1.807, 2.05) is 19.1 Å². The van der Waals surface area contributed by atoms with Crippen LogP contribution in [0.3, 0.4) is 0 Å². The van der Waals surface area contributed by atoms with E-state index in [1.165, 1.54) is 0 Å². The molecule has 0 heterocycles. The summed E-state index contributed by atoms with van der Waals surface area (Å²) in [6.45, 7) is 8.40. The molecule has 3 nitrogen and oxygen atoms in total. The second-order valence-corrected chi connectivity index (χ2v) is 12.7. The van der Waals surface area contributed by atoms with Gasteiger partial charge in [-0.05, 0) is 30.3 Å². The largest absolute Gasteiger partial charge is 0.379 e. The Labute approximate surface area is 127 Å². The van der Waals surface area contributed by atoms with E-state index in [0.717, 1.165) is 10.8 Å². The zero-order valence-electron chi connectivity index (χ0n) is 12.8. The van der Waals surface area contributed by atoms with Crippen molar-refractivity contribution < 1.29 is 12.6 Å². The van der Waals surface area contributed by atoms with Gasteiger partial charge in [-0.1, -0.05) is 55.5 Å². The molecule has 0 spiro atoms. The Balaban J connectivity index is 2.40. The molecule has 0 radical (unpaired) electrons. The third kappa shape index (κ3) is 3.74. The maximum absolute atomic E-state index is 12.4. The van der Waals surface area contributed by atoms with E-state index in [-0.39, 0.29) is 4.90 Å². The van der Waals surface area contributed by atoms with Crippen molar-refractivity contribution in [3.05, 3.63) is 54.1 Å². The molecule has 0 fully saturated rings. The van der Waals surface area contributed by atoms with Crippen molar-refractivity contribution >= 4 is 23.4 Å². The average Bonchev–Trinajstić information content (AvgIpc) is 2.38. The maximum atomic E-state index is 12.4. The third-order valence-corrected chi connectivity index (χ3v) is 6.48.